The molecule has 1 fully saturated rings. The number of carbonyl (C=O) groups excluding carboxylic acids is 2. The Bertz CT molecular complexity index is 566. The van der Waals surface area contributed by atoms with Crippen LogP contribution in [0.15, 0.2) is 30.3 Å². The topological polar surface area (TPSA) is 52.6 Å². The quantitative estimate of drug-likeness (QED) is 0.483. The molecule has 0 unspecified atom stereocenters. The van der Waals surface area contributed by atoms with Gasteiger partial charge in [0.05, 0.1) is 22.3 Å². The second kappa shape index (κ2) is 6.47. The SMILES string of the molecule is COC(=O)C1(C(=O)OC)CC[C@@H]([Si](C)(C)c2ccccc2)[C@@H]1C. The zero-order valence-electron chi connectivity index (χ0n) is 14.6. The van der Waals surface area contributed by atoms with Crippen LogP contribution in [-0.4, -0.2) is 34.2 Å². The third-order valence-corrected chi connectivity index (χ3v) is 10.2. The summed E-state index contributed by atoms with van der Waals surface area (Å²) in [6, 6.07) is 10.4. The van der Waals surface area contributed by atoms with Crippen molar-refractivity contribution in [1.82, 2.24) is 0 Å². The molecule has 0 radical (unpaired) electrons. The molecule has 0 N–H and O–H groups in total. The molecule has 0 bridgehead atoms. The summed E-state index contributed by atoms with van der Waals surface area (Å²) in [5.41, 5.74) is -0.837. The highest BCUT2D eigenvalue weighted by Gasteiger charge is 2.61. The van der Waals surface area contributed by atoms with Gasteiger partial charge in [0.15, 0.2) is 5.41 Å². The maximum Gasteiger partial charge on any atom is 0.323 e. The molecule has 1 saturated carbocycles. The molecule has 23 heavy (non-hydrogen) atoms. The van der Waals surface area contributed by atoms with Gasteiger partial charge in [-0.25, -0.2) is 0 Å². The number of hydrogen-bond acceptors (Lipinski definition) is 4. The first kappa shape index (κ1) is 17.7. The Morgan fingerprint density at radius 1 is 1.09 bits per heavy atom. The number of carbonyl (C=O) groups is 2. The van der Waals surface area contributed by atoms with Crippen LogP contribution < -0.4 is 5.19 Å². The van der Waals surface area contributed by atoms with E-state index in [9.17, 15) is 9.59 Å². The largest absolute Gasteiger partial charge is 0.468 e. The van der Waals surface area contributed by atoms with E-state index < -0.39 is 25.4 Å². The van der Waals surface area contributed by atoms with Crippen LogP contribution in [0.4, 0.5) is 0 Å². The predicted octanol–water partition coefficient (Wildman–Crippen LogP) is 2.73. The number of benzene rings is 1. The molecule has 1 aromatic rings. The van der Waals surface area contributed by atoms with Crippen LogP contribution >= 0.6 is 0 Å². The monoisotopic (exact) mass is 334 g/mol. The summed E-state index contributed by atoms with van der Waals surface area (Å²) in [6.45, 7) is 6.63. The zero-order chi connectivity index (χ0) is 17.3. The molecule has 0 heterocycles. The third-order valence-electron chi connectivity index (χ3n) is 5.77. The Morgan fingerprint density at radius 3 is 2.09 bits per heavy atom. The first-order valence-corrected chi connectivity index (χ1v) is 11.1. The van der Waals surface area contributed by atoms with Crippen LogP contribution in [0.3, 0.4) is 0 Å². The van der Waals surface area contributed by atoms with Gasteiger partial charge in [-0.15, -0.1) is 0 Å². The summed E-state index contributed by atoms with van der Waals surface area (Å²) in [5, 5.41) is 1.35. The first-order chi connectivity index (χ1) is 10.8. The average Bonchev–Trinajstić information content (AvgIpc) is 2.93. The number of esters is 2. The molecule has 1 aromatic carbocycles. The van der Waals surface area contributed by atoms with Gasteiger partial charge in [-0.05, 0) is 17.9 Å². The van der Waals surface area contributed by atoms with Gasteiger partial charge in [0, 0.05) is 0 Å². The Balaban J connectivity index is 2.41. The Hall–Kier alpha value is -1.62. The fourth-order valence-corrected chi connectivity index (χ4v) is 8.18. The second-order valence-electron chi connectivity index (χ2n) is 6.98. The molecule has 0 amide bonds. The van der Waals surface area contributed by atoms with Crippen molar-refractivity contribution in [3.8, 4) is 0 Å². The van der Waals surface area contributed by atoms with Crippen LogP contribution in [0.5, 0.6) is 0 Å². The predicted molar refractivity (Wildman–Crippen MR) is 92.2 cm³/mol. The number of rotatable bonds is 4. The van der Waals surface area contributed by atoms with Crippen molar-refractivity contribution in [3.05, 3.63) is 30.3 Å². The van der Waals surface area contributed by atoms with Crippen molar-refractivity contribution >= 4 is 25.2 Å². The highest BCUT2D eigenvalue weighted by atomic mass is 28.3. The summed E-state index contributed by atoms with van der Waals surface area (Å²) in [5.74, 6) is -1.02. The molecule has 0 aliphatic heterocycles. The molecule has 0 aromatic heterocycles. The Morgan fingerprint density at radius 2 is 1.61 bits per heavy atom. The van der Waals surface area contributed by atoms with E-state index >= 15 is 0 Å². The van der Waals surface area contributed by atoms with Gasteiger partial charge in [0.25, 0.3) is 0 Å². The van der Waals surface area contributed by atoms with Crippen LogP contribution in [0.25, 0.3) is 0 Å². The number of methoxy groups -OCH3 is 2. The average molecular weight is 334 g/mol. The minimum atomic E-state index is -1.83. The highest BCUT2D eigenvalue weighted by Crippen LogP contribution is 2.54. The summed E-state index contributed by atoms with van der Waals surface area (Å²) in [7, 11) is 0.849. The van der Waals surface area contributed by atoms with E-state index in [0.717, 1.165) is 6.42 Å². The van der Waals surface area contributed by atoms with Gasteiger partial charge < -0.3 is 9.47 Å². The van der Waals surface area contributed by atoms with E-state index in [1.165, 1.54) is 19.4 Å². The van der Waals surface area contributed by atoms with Crippen molar-refractivity contribution in [3.63, 3.8) is 0 Å². The lowest BCUT2D eigenvalue weighted by molar-refractivity contribution is -0.171. The lowest BCUT2D eigenvalue weighted by atomic mass is 9.78. The minimum Gasteiger partial charge on any atom is -0.468 e. The zero-order valence-corrected chi connectivity index (χ0v) is 15.6. The molecule has 1 aliphatic carbocycles. The van der Waals surface area contributed by atoms with E-state index in [0.29, 0.717) is 12.0 Å². The second-order valence-corrected chi connectivity index (χ2v) is 11.7. The lowest BCUT2D eigenvalue weighted by Gasteiger charge is -2.37. The molecule has 4 nitrogen and oxygen atoms in total. The van der Waals surface area contributed by atoms with Gasteiger partial charge in [-0.3, -0.25) is 9.59 Å². The number of hydrogen-bond donors (Lipinski definition) is 0. The fraction of sp³-hybridized carbons (Fsp3) is 0.556. The molecule has 1 aliphatic rings. The van der Waals surface area contributed by atoms with Crippen LogP contribution in [0, 0.1) is 11.3 Å². The summed E-state index contributed by atoms with van der Waals surface area (Å²) in [6.07, 6.45) is 1.35. The Labute approximate surface area is 139 Å². The van der Waals surface area contributed by atoms with Crippen molar-refractivity contribution in [1.29, 1.82) is 0 Å². The molecular weight excluding hydrogens is 308 g/mol. The standard InChI is InChI=1S/C18H26O4Si/c1-13-15(23(4,5)14-9-7-6-8-10-14)11-12-18(13,16(19)21-2)17(20)22-3/h6-10,13,15H,11-12H2,1-5H3/t13-,15+/m0/s1. The van der Waals surface area contributed by atoms with E-state index in [1.54, 1.807) is 0 Å². The molecule has 2 rings (SSSR count). The van der Waals surface area contributed by atoms with Gasteiger partial charge in [0.1, 0.15) is 0 Å². The smallest absolute Gasteiger partial charge is 0.323 e. The number of ether oxygens (including phenoxy) is 2. The van der Waals surface area contributed by atoms with Gasteiger partial charge >= 0.3 is 11.9 Å². The van der Waals surface area contributed by atoms with Crippen molar-refractivity contribution in [2.24, 2.45) is 11.3 Å². The van der Waals surface area contributed by atoms with E-state index in [1.807, 2.05) is 13.0 Å². The van der Waals surface area contributed by atoms with Crippen molar-refractivity contribution in [2.75, 3.05) is 14.2 Å². The molecule has 126 valence electrons. The highest BCUT2D eigenvalue weighted by molar-refractivity contribution is 6.91. The third kappa shape index (κ3) is 2.71. The van der Waals surface area contributed by atoms with E-state index in [2.05, 4.69) is 37.4 Å². The maximum atomic E-state index is 12.4. The van der Waals surface area contributed by atoms with Gasteiger partial charge in [-0.1, -0.05) is 62.0 Å². The normalized spacial score (nSPS) is 23.3. The lowest BCUT2D eigenvalue weighted by Crippen LogP contribution is -2.51. The molecule has 0 saturated heterocycles. The summed E-state index contributed by atoms with van der Waals surface area (Å²) < 4.78 is 9.95. The van der Waals surface area contributed by atoms with E-state index in [-0.39, 0.29) is 5.92 Å². The summed E-state index contributed by atoms with van der Waals surface area (Å²) in [4.78, 5) is 24.9. The molecule has 0 spiro atoms. The maximum absolute atomic E-state index is 12.4. The molecule has 2 atom stereocenters. The van der Waals surface area contributed by atoms with Gasteiger partial charge in [0.2, 0.25) is 0 Å². The van der Waals surface area contributed by atoms with Crippen LogP contribution in [0.2, 0.25) is 18.6 Å². The first-order valence-electron chi connectivity index (χ1n) is 8.04. The minimum absolute atomic E-state index is 0.0933. The van der Waals surface area contributed by atoms with Crippen molar-refractivity contribution < 1.29 is 19.1 Å². The molecule has 5 heteroatoms. The van der Waals surface area contributed by atoms with Crippen LogP contribution in [-0.2, 0) is 19.1 Å². The molecular formula is C18H26O4Si. The van der Waals surface area contributed by atoms with E-state index in [4.69, 9.17) is 9.47 Å². The van der Waals surface area contributed by atoms with Crippen LogP contribution in [0.1, 0.15) is 19.8 Å². The fourth-order valence-electron chi connectivity index (χ4n) is 4.30. The van der Waals surface area contributed by atoms with Crippen molar-refractivity contribution in [2.45, 2.75) is 38.4 Å². The Kier molecular flexibility index (Phi) is 4.99. The van der Waals surface area contributed by atoms with Gasteiger partial charge in [-0.2, -0.15) is 0 Å². The summed E-state index contributed by atoms with van der Waals surface area (Å²) >= 11 is 0.